The van der Waals surface area contributed by atoms with Gasteiger partial charge < -0.3 is 33.8 Å². The molecular weight excluding hydrogens is 1400 g/mol. The zero-order chi connectivity index (χ0) is 79.2. The van der Waals surface area contributed by atoms with Crippen molar-refractivity contribution in [3.63, 3.8) is 0 Å². The molecule has 0 aliphatic carbocycles. The molecule has 0 radical (unpaired) electrons. The Hall–Kier alpha value is -1.94. The van der Waals surface area contributed by atoms with Gasteiger partial charge in [-0.15, -0.1) is 0 Å². The SMILES string of the molecule is CCCCCCCCCCCCCCCCCCCCCCCCC(=O)O[C@H](COC(=O)CCCCCCCCCCCCCCCCCC(C)C)COP(=O)(O)OC[C@@H](O)COP(=O)(O)OC[C@@H](COC(=O)CCCCCCCCCCC(C)C)OC(=O)CCCCCCCCCCCCCCCCCCC. The third kappa shape index (κ3) is 82.1. The summed E-state index contributed by atoms with van der Waals surface area (Å²) in [5.41, 5.74) is 0. The van der Waals surface area contributed by atoms with Crippen molar-refractivity contribution in [2.24, 2.45) is 11.8 Å². The maximum atomic E-state index is 13.2. The van der Waals surface area contributed by atoms with Crippen molar-refractivity contribution in [2.45, 2.75) is 496 Å². The normalized spacial score (nSPS) is 13.8. The molecule has 0 heterocycles. The van der Waals surface area contributed by atoms with Crippen LogP contribution in [0.25, 0.3) is 0 Å². The van der Waals surface area contributed by atoms with Gasteiger partial charge in [-0.1, -0.05) is 427 Å². The Morgan fingerprint density at radius 3 is 0.630 bits per heavy atom. The second-order valence-corrected chi connectivity index (χ2v) is 35.8. The number of carbonyl (C=O) groups excluding carboxylic acids is 4. The van der Waals surface area contributed by atoms with E-state index in [1.807, 2.05) is 0 Å². The Bertz CT molecular complexity index is 2060. The van der Waals surface area contributed by atoms with Crippen molar-refractivity contribution in [1.29, 1.82) is 0 Å². The summed E-state index contributed by atoms with van der Waals surface area (Å²) in [6.07, 6.45) is 73.7. The van der Waals surface area contributed by atoms with Crippen LogP contribution in [-0.4, -0.2) is 96.7 Å². The minimum absolute atomic E-state index is 0.108. The zero-order valence-corrected chi connectivity index (χ0v) is 73.0. The van der Waals surface area contributed by atoms with Crippen LogP contribution in [0.2, 0.25) is 0 Å². The molecule has 0 fully saturated rings. The lowest BCUT2D eigenvalue weighted by atomic mass is 10.0. The number of carbonyl (C=O) groups is 4. The highest BCUT2D eigenvalue weighted by Gasteiger charge is 2.31. The fraction of sp³-hybridized carbons (Fsp3) is 0.955. The van der Waals surface area contributed by atoms with Gasteiger partial charge >= 0.3 is 39.5 Å². The standard InChI is InChI=1S/C89H174O17P2/c1-7-9-11-13-15-17-19-21-23-25-26-27-28-29-31-35-40-44-48-56-62-68-73-88(93)105-84(77-99-86(91)71-65-59-53-46-42-38-36-32-33-37-41-45-51-57-63-69-81(3)4)79-103-107(95,96)101-75-83(90)76-102-108(97,98)104-80-85(78-100-87(92)72-66-60-54-50-49-52-58-64-70-82(5)6)106-89(94)74-67-61-55-47-43-39-34-30-24-22-20-18-16-14-12-10-8-2/h81-85,90H,7-80H2,1-6H3,(H,95,96)(H,97,98)/t83-,84-,85-/m1/s1. The van der Waals surface area contributed by atoms with E-state index in [4.69, 9.17) is 37.0 Å². The number of unbranched alkanes of at least 4 members (excludes halogenated alkanes) is 58. The molecule has 108 heavy (non-hydrogen) atoms. The lowest BCUT2D eigenvalue weighted by Gasteiger charge is -2.21. The maximum Gasteiger partial charge on any atom is 0.472 e. The molecule has 642 valence electrons. The highest BCUT2D eigenvalue weighted by molar-refractivity contribution is 7.47. The number of esters is 4. The monoisotopic (exact) mass is 1580 g/mol. The van der Waals surface area contributed by atoms with Crippen LogP contribution < -0.4 is 0 Å². The number of phosphoric ester groups is 2. The first kappa shape index (κ1) is 106. The summed E-state index contributed by atoms with van der Waals surface area (Å²) in [5, 5.41) is 10.7. The van der Waals surface area contributed by atoms with Crippen LogP contribution in [0.15, 0.2) is 0 Å². The number of phosphoric acid groups is 2. The number of rotatable bonds is 88. The lowest BCUT2D eigenvalue weighted by Crippen LogP contribution is -2.30. The topological polar surface area (TPSA) is 237 Å². The fourth-order valence-corrected chi connectivity index (χ4v) is 15.5. The van der Waals surface area contributed by atoms with Gasteiger partial charge in [0.25, 0.3) is 0 Å². The van der Waals surface area contributed by atoms with Crippen LogP contribution in [0.3, 0.4) is 0 Å². The largest absolute Gasteiger partial charge is 0.472 e. The summed E-state index contributed by atoms with van der Waals surface area (Å²) >= 11 is 0. The predicted octanol–water partition coefficient (Wildman–Crippen LogP) is 27.4. The average molecular weight is 1580 g/mol. The van der Waals surface area contributed by atoms with Crippen molar-refractivity contribution in [3.05, 3.63) is 0 Å². The quantitative estimate of drug-likeness (QED) is 0.0222. The first-order valence-electron chi connectivity index (χ1n) is 46.0. The molecule has 0 saturated heterocycles. The van der Waals surface area contributed by atoms with Crippen LogP contribution in [0, 0.1) is 11.8 Å². The van der Waals surface area contributed by atoms with Crippen molar-refractivity contribution < 1.29 is 80.2 Å². The van der Waals surface area contributed by atoms with Crippen LogP contribution in [0.1, 0.15) is 478 Å². The van der Waals surface area contributed by atoms with Gasteiger partial charge in [0.05, 0.1) is 26.4 Å². The summed E-state index contributed by atoms with van der Waals surface area (Å²) in [4.78, 5) is 73.3. The zero-order valence-electron chi connectivity index (χ0n) is 71.2. The summed E-state index contributed by atoms with van der Waals surface area (Å²) in [5.74, 6) is -0.567. The molecule has 0 aromatic heterocycles. The van der Waals surface area contributed by atoms with E-state index in [1.165, 1.54) is 295 Å². The Kier molecular flexibility index (Phi) is 78.8. The fourth-order valence-electron chi connectivity index (χ4n) is 14.0. The Morgan fingerprint density at radius 1 is 0.250 bits per heavy atom. The highest BCUT2D eigenvalue weighted by atomic mass is 31.2. The van der Waals surface area contributed by atoms with E-state index in [0.717, 1.165) is 102 Å². The number of aliphatic hydroxyl groups excluding tert-OH is 1. The molecule has 0 amide bonds. The number of hydrogen-bond acceptors (Lipinski definition) is 15. The molecule has 0 aliphatic rings. The number of aliphatic hydroxyl groups is 1. The first-order chi connectivity index (χ1) is 52.4. The van der Waals surface area contributed by atoms with E-state index in [9.17, 15) is 43.2 Å². The Morgan fingerprint density at radius 2 is 0.426 bits per heavy atom. The molecule has 2 unspecified atom stereocenters. The predicted molar refractivity (Wildman–Crippen MR) is 446 cm³/mol. The third-order valence-electron chi connectivity index (χ3n) is 21.0. The van der Waals surface area contributed by atoms with Gasteiger partial charge in [0.1, 0.15) is 19.3 Å². The summed E-state index contributed by atoms with van der Waals surface area (Å²) in [7, 11) is -9.93. The molecule has 0 aromatic rings. The van der Waals surface area contributed by atoms with Crippen molar-refractivity contribution in [2.75, 3.05) is 39.6 Å². The van der Waals surface area contributed by atoms with Gasteiger partial charge in [0, 0.05) is 25.7 Å². The maximum absolute atomic E-state index is 13.2. The minimum Gasteiger partial charge on any atom is -0.462 e. The van der Waals surface area contributed by atoms with Gasteiger partial charge in [-0.05, 0) is 37.5 Å². The van der Waals surface area contributed by atoms with Crippen LogP contribution in [0.5, 0.6) is 0 Å². The molecule has 17 nitrogen and oxygen atoms in total. The van der Waals surface area contributed by atoms with E-state index in [1.54, 1.807) is 0 Å². The summed E-state index contributed by atoms with van der Waals surface area (Å²) < 4.78 is 69.0. The van der Waals surface area contributed by atoms with Gasteiger partial charge in [-0.25, -0.2) is 9.13 Å². The average Bonchev–Trinajstić information content (AvgIpc) is 0.901. The molecule has 0 aliphatic heterocycles. The van der Waals surface area contributed by atoms with E-state index >= 15 is 0 Å². The van der Waals surface area contributed by atoms with Crippen LogP contribution in [-0.2, 0) is 65.4 Å². The van der Waals surface area contributed by atoms with Crippen LogP contribution in [0.4, 0.5) is 0 Å². The van der Waals surface area contributed by atoms with E-state index in [2.05, 4.69) is 41.5 Å². The van der Waals surface area contributed by atoms with Crippen molar-refractivity contribution >= 4 is 39.5 Å². The molecule has 3 N–H and O–H groups in total. The lowest BCUT2D eigenvalue weighted by molar-refractivity contribution is -0.161. The second kappa shape index (κ2) is 80.3. The molecular formula is C89H174O17P2. The van der Waals surface area contributed by atoms with E-state index in [0.29, 0.717) is 25.7 Å². The smallest absolute Gasteiger partial charge is 0.462 e. The highest BCUT2D eigenvalue weighted by Crippen LogP contribution is 2.45. The number of ether oxygens (including phenoxy) is 4. The molecule has 0 aromatic carbocycles. The Labute approximate surface area is 664 Å². The van der Waals surface area contributed by atoms with Gasteiger partial charge in [-0.3, -0.25) is 37.3 Å². The van der Waals surface area contributed by atoms with Gasteiger partial charge in [0.15, 0.2) is 12.2 Å². The molecule has 5 atom stereocenters. The Balaban J connectivity index is 5.23. The van der Waals surface area contributed by atoms with E-state index < -0.39 is 97.5 Å². The molecule has 0 saturated carbocycles. The third-order valence-corrected chi connectivity index (χ3v) is 22.9. The first-order valence-corrected chi connectivity index (χ1v) is 49.0. The second-order valence-electron chi connectivity index (χ2n) is 32.9. The molecule has 0 spiro atoms. The summed E-state index contributed by atoms with van der Waals surface area (Å²) in [6, 6.07) is 0. The molecule has 0 bridgehead atoms. The van der Waals surface area contributed by atoms with Crippen molar-refractivity contribution in [3.8, 4) is 0 Å². The summed E-state index contributed by atoms with van der Waals surface area (Å²) in [6.45, 7) is 9.68. The number of hydrogen-bond donors (Lipinski definition) is 3. The van der Waals surface area contributed by atoms with Crippen LogP contribution >= 0.6 is 15.6 Å². The van der Waals surface area contributed by atoms with Gasteiger partial charge in [-0.2, -0.15) is 0 Å². The van der Waals surface area contributed by atoms with Crippen molar-refractivity contribution in [1.82, 2.24) is 0 Å². The molecule has 19 heteroatoms. The minimum atomic E-state index is -4.97. The molecule has 0 rings (SSSR count). The van der Waals surface area contributed by atoms with E-state index in [-0.39, 0.29) is 25.7 Å². The van der Waals surface area contributed by atoms with Gasteiger partial charge in [0.2, 0.25) is 0 Å².